The van der Waals surface area contributed by atoms with Crippen molar-refractivity contribution >= 4 is 29.1 Å². The van der Waals surface area contributed by atoms with Crippen LogP contribution in [0.4, 0.5) is 11.4 Å². The second-order valence-electron chi connectivity index (χ2n) is 7.47. The molecule has 0 bridgehead atoms. The number of aromatic hydroxyl groups is 1. The van der Waals surface area contributed by atoms with Crippen molar-refractivity contribution in [1.29, 1.82) is 0 Å². The maximum Gasteiger partial charge on any atom is 0.260 e. The smallest absolute Gasteiger partial charge is 0.260 e. The minimum Gasteiger partial charge on any atom is -0.506 e. The quantitative estimate of drug-likeness (QED) is 0.641. The van der Waals surface area contributed by atoms with Gasteiger partial charge in [0, 0.05) is 24.1 Å². The SMILES string of the molecule is O=C(CCN1C(=O)c2ccccc2N2C(=O)c3ccccc3C12)Nc1ccccc1O. The molecule has 1 atom stereocenters. The molecule has 0 aliphatic carbocycles. The van der Waals surface area contributed by atoms with Gasteiger partial charge in [0.15, 0.2) is 0 Å². The molecule has 7 nitrogen and oxygen atoms in total. The number of para-hydroxylation sites is 3. The molecule has 31 heavy (non-hydrogen) atoms. The van der Waals surface area contributed by atoms with Crippen LogP contribution in [0.3, 0.4) is 0 Å². The fraction of sp³-hybridized carbons (Fsp3) is 0.125. The summed E-state index contributed by atoms with van der Waals surface area (Å²) in [5, 5.41) is 12.5. The molecule has 3 aromatic rings. The average Bonchev–Trinajstić information content (AvgIpc) is 3.08. The summed E-state index contributed by atoms with van der Waals surface area (Å²) in [4.78, 5) is 42.2. The summed E-state index contributed by atoms with van der Waals surface area (Å²) >= 11 is 0. The highest BCUT2D eigenvalue weighted by Gasteiger charge is 2.47. The van der Waals surface area contributed by atoms with E-state index in [9.17, 15) is 19.5 Å². The van der Waals surface area contributed by atoms with E-state index in [0.717, 1.165) is 5.56 Å². The topological polar surface area (TPSA) is 90.0 Å². The van der Waals surface area contributed by atoms with Crippen LogP contribution < -0.4 is 10.2 Å². The van der Waals surface area contributed by atoms with Crippen LogP contribution in [0.15, 0.2) is 72.8 Å². The molecule has 0 fully saturated rings. The van der Waals surface area contributed by atoms with Crippen LogP contribution in [-0.4, -0.2) is 34.3 Å². The minimum absolute atomic E-state index is 0.0168. The van der Waals surface area contributed by atoms with Gasteiger partial charge in [-0.25, -0.2) is 0 Å². The molecule has 0 saturated heterocycles. The molecule has 0 saturated carbocycles. The maximum absolute atomic E-state index is 13.3. The largest absolute Gasteiger partial charge is 0.506 e. The highest BCUT2D eigenvalue weighted by atomic mass is 16.3. The van der Waals surface area contributed by atoms with Crippen molar-refractivity contribution in [3.8, 4) is 5.75 Å². The molecule has 2 N–H and O–H groups in total. The normalized spacial score (nSPS) is 16.6. The van der Waals surface area contributed by atoms with Crippen molar-refractivity contribution in [2.75, 3.05) is 16.8 Å². The third kappa shape index (κ3) is 3.02. The van der Waals surface area contributed by atoms with Gasteiger partial charge in [-0.15, -0.1) is 0 Å². The Morgan fingerprint density at radius 2 is 1.55 bits per heavy atom. The van der Waals surface area contributed by atoms with Crippen molar-refractivity contribution in [2.45, 2.75) is 12.6 Å². The summed E-state index contributed by atoms with van der Waals surface area (Å²) in [6.07, 6.45) is -0.577. The first-order valence-electron chi connectivity index (χ1n) is 9.96. The van der Waals surface area contributed by atoms with Gasteiger partial charge >= 0.3 is 0 Å². The number of nitrogens with one attached hydrogen (secondary N) is 1. The third-order valence-corrected chi connectivity index (χ3v) is 5.64. The highest BCUT2D eigenvalue weighted by Crippen LogP contribution is 2.45. The van der Waals surface area contributed by atoms with Crippen molar-refractivity contribution < 1.29 is 19.5 Å². The van der Waals surface area contributed by atoms with Gasteiger partial charge in [-0.1, -0.05) is 42.5 Å². The van der Waals surface area contributed by atoms with Gasteiger partial charge < -0.3 is 15.3 Å². The number of anilines is 2. The van der Waals surface area contributed by atoms with E-state index in [1.807, 2.05) is 12.1 Å². The van der Waals surface area contributed by atoms with Crippen LogP contribution in [0.2, 0.25) is 0 Å². The van der Waals surface area contributed by atoms with Crippen LogP contribution >= 0.6 is 0 Å². The van der Waals surface area contributed by atoms with Gasteiger partial charge in [-0.3, -0.25) is 19.3 Å². The van der Waals surface area contributed by atoms with Gasteiger partial charge in [0.05, 0.1) is 16.9 Å². The number of fused-ring (bicyclic) bond motifs is 5. The summed E-state index contributed by atoms with van der Waals surface area (Å²) < 4.78 is 0. The fourth-order valence-corrected chi connectivity index (χ4v) is 4.21. The summed E-state index contributed by atoms with van der Waals surface area (Å²) in [5.74, 6) is -0.751. The van der Waals surface area contributed by atoms with E-state index in [4.69, 9.17) is 0 Å². The van der Waals surface area contributed by atoms with E-state index < -0.39 is 6.17 Å². The van der Waals surface area contributed by atoms with E-state index in [1.165, 1.54) is 6.07 Å². The lowest BCUT2D eigenvalue weighted by molar-refractivity contribution is -0.116. The number of rotatable bonds is 4. The van der Waals surface area contributed by atoms with Gasteiger partial charge in [0.1, 0.15) is 11.9 Å². The number of hydrogen-bond acceptors (Lipinski definition) is 4. The Kier molecular flexibility index (Phi) is 4.43. The van der Waals surface area contributed by atoms with Crippen LogP contribution in [-0.2, 0) is 4.79 Å². The number of hydrogen-bond donors (Lipinski definition) is 2. The molecular weight excluding hydrogens is 394 g/mol. The second kappa shape index (κ2) is 7.28. The van der Waals surface area contributed by atoms with E-state index in [1.54, 1.807) is 64.4 Å². The predicted molar refractivity (Wildman–Crippen MR) is 115 cm³/mol. The summed E-state index contributed by atoms with van der Waals surface area (Å²) in [6.45, 7) is 0.120. The van der Waals surface area contributed by atoms with Gasteiger partial charge in [0.2, 0.25) is 5.91 Å². The third-order valence-electron chi connectivity index (χ3n) is 5.64. The molecule has 2 heterocycles. The van der Waals surface area contributed by atoms with Crippen LogP contribution in [0.25, 0.3) is 0 Å². The Balaban J connectivity index is 1.45. The Hall–Kier alpha value is -4.13. The van der Waals surface area contributed by atoms with Crippen LogP contribution in [0.5, 0.6) is 5.75 Å². The summed E-state index contributed by atoms with van der Waals surface area (Å²) in [6, 6.07) is 20.7. The number of carbonyl (C=O) groups is 3. The number of benzene rings is 3. The van der Waals surface area contributed by atoms with Crippen molar-refractivity contribution in [3.63, 3.8) is 0 Å². The molecule has 0 radical (unpaired) electrons. The molecule has 7 heteroatoms. The zero-order chi connectivity index (χ0) is 21.5. The molecule has 154 valence electrons. The van der Waals surface area contributed by atoms with E-state index in [0.29, 0.717) is 22.5 Å². The molecule has 1 unspecified atom stereocenters. The number of phenols is 1. The first kappa shape index (κ1) is 18.9. The Labute approximate surface area is 178 Å². The molecule has 3 amide bonds. The monoisotopic (exact) mass is 413 g/mol. The standard InChI is InChI=1S/C24H19N3O4/c28-20-12-6-4-10-18(20)25-21(29)13-14-26-22-15-7-1-2-8-16(15)24(31)27(22)19-11-5-3-9-17(19)23(26)30/h1-12,22,28H,13-14H2,(H,25,29). The average molecular weight is 413 g/mol. The first-order chi connectivity index (χ1) is 15.1. The molecule has 2 aliphatic heterocycles. The number of amides is 3. The number of carbonyl (C=O) groups excluding carboxylic acids is 3. The number of phenolic OH excluding ortho intramolecular Hbond substituents is 1. The lowest BCUT2D eigenvalue weighted by Gasteiger charge is -2.40. The molecule has 3 aromatic carbocycles. The molecular formula is C24H19N3O4. The van der Waals surface area contributed by atoms with Crippen LogP contribution in [0, 0.1) is 0 Å². The molecule has 0 aromatic heterocycles. The van der Waals surface area contributed by atoms with E-state index in [2.05, 4.69) is 5.32 Å². The van der Waals surface area contributed by atoms with Gasteiger partial charge in [-0.2, -0.15) is 0 Å². The minimum atomic E-state index is -0.593. The molecule has 2 aliphatic rings. The van der Waals surface area contributed by atoms with Crippen molar-refractivity contribution in [3.05, 3.63) is 89.5 Å². The van der Waals surface area contributed by atoms with Crippen LogP contribution in [0.1, 0.15) is 38.9 Å². The van der Waals surface area contributed by atoms with E-state index in [-0.39, 0.29) is 36.4 Å². The van der Waals surface area contributed by atoms with Gasteiger partial charge in [-0.05, 0) is 30.3 Å². The Bertz CT molecular complexity index is 1220. The summed E-state index contributed by atoms with van der Waals surface area (Å²) in [7, 11) is 0. The lowest BCUT2D eigenvalue weighted by Crippen LogP contribution is -2.48. The zero-order valence-electron chi connectivity index (χ0n) is 16.5. The first-order valence-corrected chi connectivity index (χ1v) is 9.96. The highest BCUT2D eigenvalue weighted by molar-refractivity contribution is 6.16. The van der Waals surface area contributed by atoms with E-state index >= 15 is 0 Å². The van der Waals surface area contributed by atoms with Crippen molar-refractivity contribution in [1.82, 2.24) is 4.90 Å². The molecule has 5 rings (SSSR count). The number of nitrogens with zero attached hydrogens (tertiary/aromatic N) is 2. The Morgan fingerprint density at radius 1 is 0.871 bits per heavy atom. The summed E-state index contributed by atoms with van der Waals surface area (Å²) in [5.41, 5.74) is 2.62. The van der Waals surface area contributed by atoms with Crippen molar-refractivity contribution in [2.24, 2.45) is 0 Å². The lowest BCUT2D eigenvalue weighted by atomic mass is 10.0. The predicted octanol–water partition coefficient (Wildman–Crippen LogP) is 3.54. The second-order valence-corrected chi connectivity index (χ2v) is 7.47. The zero-order valence-corrected chi connectivity index (χ0v) is 16.5. The fourth-order valence-electron chi connectivity index (χ4n) is 4.21. The maximum atomic E-state index is 13.3. The molecule has 0 spiro atoms. The van der Waals surface area contributed by atoms with Gasteiger partial charge in [0.25, 0.3) is 11.8 Å². The Morgan fingerprint density at radius 3 is 2.35 bits per heavy atom.